The Morgan fingerprint density at radius 1 is 0.938 bits per heavy atom. The van der Waals surface area contributed by atoms with Gasteiger partial charge in [-0.15, -0.1) is 0 Å². The molecule has 0 bridgehead atoms. The Morgan fingerprint density at radius 3 is 2.31 bits per heavy atom. The second-order valence-corrected chi connectivity index (χ2v) is 6.94. The van der Waals surface area contributed by atoms with Gasteiger partial charge in [0, 0.05) is 23.4 Å². The summed E-state index contributed by atoms with van der Waals surface area (Å²) in [5.41, 5.74) is 2.29. The molecule has 3 aromatic rings. The van der Waals surface area contributed by atoms with Crippen LogP contribution in [0.5, 0.6) is 0 Å². The highest BCUT2D eigenvalue weighted by atomic mass is 16.5. The summed E-state index contributed by atoms with van der Waals surface area (Å²) >= 11 is 0. The first-order chi connectivity index (χ1) is 15.4. The van der Waals surface area contributed by atoms with Crippen LogP contribution in [-0.2, 0) is 9.53 Å². The first-order valence-electron chi connectivity index (χ1n) is 9.93. The van der Waals surface area contributed by atoms with Crippen molar-refractivity contribution in [1.82, 2.24) is 0 Å². The summed E-state index contributed by atoms with van der Waals surface area (Å²) in [6.45, 7) is 3.08. The van der Waals surface area contributed by atoms with E-state index in [2.05, 4.69) is 10.6 Å². The number of ether oxygens (including phenoxy) is 1. The summed E-state index contributed by atoms with van der Waals surface area (Å²) in [6, 6.07) is 14.1. The molecule has 0 aliphatic heterocycles. The van der Waals surface area contributed by atoms with Gasteiger partial charge in [-0.2, -0.15) is 0 Å². The quantitative estimate of drug-likeness (QED) is 0.405. The number of rotatable bonds is 8. The highest BCUT2D eigenvalue weighted by molar-refractivity contribution is 6.04. The Kier molecular flexibility index (Phi) is 7.17. The smallest absolute Gasteiger partial charge is 0.338 e. The molecule has 0 radical (unpaired) electrons. The van der Waals surface area contributed by atoms with Crippen molar-refractivity contribution in [3.05, 3.63) is 83.3 Å². The largest absolute Gasteiger partial charge is 0.459 e. The van der Waals surface area contributed by atoms with Crippen LogP contribution < -0.4 is 10.6 Å². The molecule has 2 N–H and O–H groups in total. The zero-order chi connectivity index (χ0) is 23.1. The molecule has 2 amide bonds. The number of hydrogen-bond acceptors (Lipinski definition) is 6. The van der Waals surface area contributed by atoms with Crippen LogP contribution >= 0.6 is 0 Å². The fourth-order valence-corrected chi connectivity index (χ4v) is 2.76. The van der Waals surface area contributed by atoms with Crippen LogP contribution in [0.3, 0.4) is 0 Å². The molecule has 0 unspecified atom stereocenters. The van der Waals surface area contributed by atoms with E-state index in [-0.39, 0.29) is 23.0 Å². The molecule has 1 heterocycles. The number of benzene rings is 2. The van der Waals surface area contributed by atoms with Crippen LogP contribution in [0.25, 0.3) is 0 Å². The summed E-state index contributed by atoms with van der Waals surface area (Å²) < 4.78 is 10.2. The van der Waals surface area contributed by atoms with Crippen molar-refractivity contribution in [2.75, 3.05) is 17.2 Å². The number of carbonyl (C=O) groups is 4. The van der Waals surface area contributed by atoms with Gasteiger partial charge in [0.15, 0.2) is 18.2 Å². The van der Waals surface area contributed by atoms with Gasteiger partial charge in [-0.3, -0.25) is 14.4 Å². The normalized spacial score (nSPS) is 10.3. The number of nitrogens with one attached hydrogen (secondary N) is 2. The highest BCUT2D eigenvalue weighted by Gasteiger charge is 2.15. The van der Waals surface area contributed by atoms with Crippen LogP contribution in [-0.4, -0.2) is 30.2 Å². The van der Waals surface area contributed by atoms with Crippen LogP contribution in [0.15, 0.2) is 65.3 Å². The molecule has 2 aromatic carbocycles. The minimum atomic E-state index is -0.696. The Balaban J connectivity index is 1.60. The van der Waals surface area contributed by atoms with E-state index in [0.29, 0.717) is 23.4 Å². The Labute approximate surface area is 184 Å². The van der Waals surface area contributed by atoms with Gasteiger partial charge in [0.25, 0.3) is 5.91 Å². The van der Waals surface area contributed by atoms with Gasteiger partial charge in [-0.25, -0.2) is 4.79 Å². The molecule has 0 atom stereocenters. The minimum Gasteiger partial charge on any atom is -0.459 e. The van der Waals surface area contributed by atoms with E-state index in [1.54, 1.807) is 56.3 Å². The summed E-state index contributed by atoms with van der Waals surface area (Å²) in [5.74, 6) is -1.51. The van der Waals surface area contributed by atoms with Crippen LogP contribution in [0.4, 0.5) is 11.4 Å². The van der Waals surface area contributed by atoms with Gasteiger partial charge in [-0.05, 0) is 61.0 Å². The molecule has 8 heteroatoms. The number of furan rings is 1. The third-order valence-corrected chi connectivity index (χ3v) is 4.61. The molecule has 0 aliphatic carbocycles. The van der Waals surface area contributed by atoms with Crippen LogP contribution in [0, 0.1) is 6.92 Å². The van der Waals surface area contributed by atoms with Crippen LogP contribution in [0.1, 0.15) is 50.2 Å². The fourth-order valence-electron chi connectivity index (χ4n) is 2.76. The van der Waals surface area contributed by atoms with Crippen molar-refractivity contribution >= 4 is 34.9 Å². The van der Waals surface area contributed by atoms with Gasteiger partial charge in [-0.1, -0.05) is 13.0 Å². The molecule has 0 aliphatic rings. The minimum absolute atomic E-state index is 0.129. The van der Waals surface area contributed by atoms with E-state index in [1.807, 2.05) is 0 Å². The van der Waals surface area contributed by atoms with E-state index in [9.17, 15) is 19.2 Å². The summed E-state index contributed by atoms with van der Waals surface area (Å²) in [4.78, 5) is 48.4. The maximum atomic E-state index is 12.4. The standard InChI is InChI=1S/C24H22N2O6/c1-3-22(28)25-18-10-8-16(9-11-18)20(27)14-32-24(30)17-7-6-15(2)19(13-17)26-23(29)21-5-4-12-31-21/h4-13H,3,14H2,1-2H3,(H,25,28)(H,26,29). The second kappa shape index (κ2) is 10.2. The number of amides is 2. The lowest BCUT2D eigenvalue weighted by molar-refractivity contribution is -0.115. The number of hydrogen-bond donors (Lipinski definition) is 2. The lowest BCUT2D eigenvalue weighted by atomic mass is 10.1. The Morgan fingerprint density at radius 2 is 1.66 bits per heavy atom. The average molecular weight is 434 g/mol. The van der Waals surface area contributed by atoms with Crippen molar-refractivity contribution in [1.29, 1.82) is 0 Å². The molecule has 0 saturated carbocycles. The summed E-state index contributed by atoms with van der Waals surface area (Å²) in [7, 11) is 0. The van der Waals surface area contributed by atoms with E-state index in [4.69, 9.17) is 9.15 Å². The second-order valence-electron chi connectivity index (χ2n) is 6.94. The maximum Gasteiger partial charge on any atom is 0.338 e. The molecule has 32 heavy (non-hydrogen) atoms. The molecule has 8 nitrogen and oxygen atoms in total. The number of ketones is 1. The number of carbonyl (C=O) groups excluding carboxylic acids is 4. The fraction of sp³-hybridized carbons (Fsp3) is 0.167. The Hall–Kier alpha value is -4.20. The van der Waals surface area contributed by atoms with Crippen molar-refractivity contribution in [3.63, 3.8) is 0 Å². The molecule has 0 fully saturated rings. The number of anilines is 2. The van der Waals surface area contributed by atoms with Crippen molar-refractivity contribution in [2.24, 2.45) is 0 Å². The molecule has 0 spiro atoms. The van der Waals surface area contributed by atoms with Gasteiger partial charge in [0.2, 0.25) is 5.91 Å². The van der Waals surface area contributed by atoms with Gasteiger partial charge in [0.1, 0.15) is 0 Å². The molecular formula is C24H22N2O6. The molecular weight excluding hydrogens is 412 g/mol. The lowest BCUT2D eigenvalue weighted by Crippen LogP contribution is -2.16. The monoisotopic (exact) mass is 434 g/mol. The predicted octanol–water partition coefficient (Wildman–Crippen LogP) is 4.23. The van der Waals surface area contributed by atoms with Crippen molar-refractivity contribution < 1.29 is 28.3 Å². The first kappa shape index (κ1) is 22.5. The van der Waals surface area contributed by atoms with Gasteiger partial charge in [0.05, 0.1) is 11.8 Å². The third kappa shape index (κ3) is 5.69. The van der Waals surface area contributed by atoms with Gasteiger partial charge >= 0.3 is 5.97 Å². The topological polar surface area (TPSA) is 115 Å². The Bertz CT molecular complexity index is 1130. The molecule has 3 rings (SSSR count). The van der Waals surface area contributed by atoms with E-state index < -0.39 is 18.5 Å². The maximum absolute atomic E-state index is 12.4. The number of Topliss-reactive ketones (excluding diaryl/α,β-unsaturated/α-hetero) is 1. The van der Waals surface area contributed by atoms with Crippen molar-refractivity contribution in [2.45, 2.75) is 20.3 Å². The summed E-state index contributed by atoms with van der Waals surface area (Å²) in [5, 5.41) is 5.37. The number of aryl methyl sites for hydroxylation is 1. The van der Waals surface area contributed by atoms with E-state index >= 15 is 0 Å². The van der Waals surface area contributed by atoms with E-state index in [0.717, 1.165) is 5.56 Å². The molecule has 1 aromatic heterocycles. The van der Waals surface area contributed by atoms with Gasteiger partial charge < -0.3 is 19.8 Å². The SMILES string of the molecule is CCC(=O)Nc1ccc(C(=O)COC(=O)c2ccc(C)c(NC(=O)c3ccco3)c2)cc1. The van der Waals surface area contributed by atoms with E-state index in [1.165, 1.54) is 18.4 Å². The highest BCUT2D eigenvalue weighted by Crippen LogP contribution is 2.19. The zero-order valence-electron chi connectivity index (χ0n) is 17.6. The zero-order valence-corrected chi connectivity index (χ0v) is 17.6. The lowest BCUT2D eigenvalue weighted by Gasteiger charge is -2.10. The third-order valence-electron chi connectivity index (χ3n) is 4.61. The number of esters is 1. The first-order valence-corrected chi connectivity index (χ1v) is 9.93. The summed E-state index contributed by atoms with van der Waals surface area (Å²) in [6.07, 6.45) is 1.74. The molecule has 164 valence electrons. The van der Waals surface area contributed by atoms with Crippen molar-refractivity contribution in [3.8, 4) is 0 Å². The predicted molar refractivity (Wildman–Crippen MR) is 118 cm³/mol. The average Bonchev–Trinajstić information content (AvgIpc) is 3.34. The van der Waals surface area contributed by atoms with Crippen LogP contribution in [0.2, 0.25) is 0 Å². The molecule has 0 saturated heterocycles.